The fourth-order valence-electron chi connectivity index (χ4n) is 6.12. The molecular formula is C26H21NO2. The number of hydrogen-bond acceptors (Lipinski definition) is 2. The topological polar surface area (TPSA) is 23.4 Å². The predicted octanol–water partition coefficient (Wildman–Crippen LogP) is 5.59. The van der Waals surface area contributed by atoms with Crippen LogP contribution in [0.3, 0.4) is 0 Å². The van der Waals surface area contributed by atoms with Crippen molar-refractivity contribution in [3.63, 3.8) is 0 Å². The molecule has 3 aromatic carbocycles. The van der Waals surface area contributed by atoms with Crippen molar-refractivity contribution in [1.29, 1.82) is 0 Å². The van der Waals surface area contributed by atoms with Crippen LogP contribution in [0.5, 0.6) is 11.5 Å². The molecule has 142 valence electrons. The maximum Gasteiger partial charge on any atom is 0.231 e. The predicted molar refractivity (Wildman–Crippen MR) is 113 cm³/mol. The lowest BCUT2D eigenvalue weighted by Crippen LogP contribution is -2.12. The van der Waals surface area contributed by atoms with Crippen molar-refractivity contribution in [3.8, 4) is 11.5 Å². The zero-order valence-corrected chi connectivity index (χ0v) is 16.3. The first-order chi connectivity index (χ1) is 14.3. The van der Waals surface area contributed by atoms with E-state index in [1.165, 1.54) is 38.9 Å². The summed E-state index contributed by atoms with van der Waals surface area (Å²) in [6, 6.07) is 24.3. The molecule has 29 heavy (non-hydrogen) atoms. The standard InChI is InChI=1S/C26H21NO2/c1-15-17-9-5-6-10-21(17)27-13-20-24(16-7-3-2-4-8-16)18-11-22-23(29-14-28-22)12-19(18)25(20)26(15)27/h2-12,20,24-25H,13-14H2,1H3/t20-,24+,25+/m1/s1. The van der Waals surface area contributed by atoms with Crippen LogP contribution < -0.4 is 9.47 Å². The lowest BCUT2D eigenvalue weighted by molar-refractivity contribution is 0.174. The number of nitrogens with zero attached hydrogens (tertiary/aromatic N) is 1. The van der Waals surface area contributed by atoms with E-state index < -0.39 is 0 Å². The van der Waals surface area contributed by atoms with Gasteiger partial charge < -0.3 is 14.0 Å². The number of benzene rings is 3. The molecule has 0 amide bonds. The molecule has 3 heterocycles. The van der Waals surface area contributed by atoms with Gasteiger partial charge in [-0.15, -0.1) is 0 Å². The van der Waals surface area contributed by atoms with Gasteiger partial charge in [-0.1, -0.05) is 48.5 Å². The van der Waals surface area contributed by atoms with Gasteiger partial charge in [-0.2, -0.15) is 0 Å². The summed E-state index contributed by atoms with van der Waals surface area (Å²) in [7, 11) is 0. The molecule has 0 saturated heterocycles. The Labute approximate surface area is 169 Å². The van der Waals surface area contributed by atoms with Crippen molar-refractivity contribution in [2.45, 2.75) is 25.3 Å². The van der Waals surface area contributed by atoms with E-state index in [-0.39, 0.29) is 0 Å². The van der Waals surface area contributed by atoms with Crippen molar-refractivity contribution in [1.82, 2.24) is 4.57 Å². The van der Waals surface area contributed by atoms with Gasteiger partial charge in [-0.25, -0.2) is 0 Å². The molecule has 0 N–H and O–H groups in total. The van der Waals surface area contributed by atoms with Crippen LogP contribution in [-0.2, 0) is 6.54 Å². The van der Waals surface area contributed by atoms with Crippen LogP contribution >= 0.6 is 0 Å². The molecule has 3 nitrogen and oxygen atoms in total. The summed E-state index contributed by atoms with van der Waals surface area (Å²) < 4.78 is 14.1. The van der Waals surface area contributed by atoms with Gasteiger partial charge in [-0.3, -0.25) is 0 Å². The minimum Gasteiger partial charge on any atom is -0.454 e. The maximum atomic E-state index is 5.76. The second kappa shape index (κ2) is 5.44. The third-order valence-corrected chi connectivity index (χ3v) is 7.23. The van der Waals surface area contributed by atoms with Gasteiger partial charge in [0.1, 0.15) is 0 Å². The van der Waals surface area contributed by atoms with Gasteiger partial charge in [0.2, 0.25) is 6.79 Å². The number of aryl methyl sites for hydroxylation is 1. The second-order valence-corrected chi connectivity index (χ2v) is 8.50. The van der Waals surface area contributed by atoms with E-state index in [4.69, 9.17) is 9.47 Å². The smallest absolute Gasteiger partial charge is 0.231 e. The molecular weight excluding hydrogens is 358 g/mol. The van der Waals surface area contributed by atoms with Gasteiger partial charge in [0.25, 0.3) is 0 Å². The Hall–Kier alpha value is -3.20. The summed E-state index contributed by atoms with van der Waals surface area (Å²) in [6.45, 7) is 3.66. The monoisotopic (exact) mass is 379 g/mol. The first-order valence-electron chi connectivity index (χ1n) is 10.4. The van der Waals surface area contributed by atoms with E-state index >= 15 is 0 Å². The third kappa shape index (κ3) is 1.93. The largest absolute Gasteiger partial charge is 0.454 e. The Morgan fingerprint density at radius 1 is 0.828 bits per heavy atom. The maximum absolute atomic E-state index is 5.76. The Morgan fingerprint density at radius 3 is 2.31 bits per heavy atom. The lowest BCUT2D eigenvalue weighted by Gasteiger charge is -2.20. The molecule has 4 aromatic rings. The Kier molecular flexibility index (Phi) is 2.95. The normalized spacial score (nSPS) is 23.3. The molecule has 3 heteroatoms. The Balaban J connectivity index is 1.51. The number of aromatic nitrogens is 1. The summed E-state index contributed by atoms with van der Waals surface area (Å²) in [5, 5.41) is 1.38. The summed E-state index contributed by atoms with van der Waals surface area (Å²) in [5.74, 6) is 3.08. The molecule has 3 aliphatic rings. The number of rotatable bonds is 1. The van der Waals surface area contributed by atoms with Crippen LogP contribution in [0, 0.1) is 12.8 Å². The van der Waals surface area contributed by atoms with E-state index in [2.05, 4.69) is 78.2 Å². The van der Waals surface area contributed by atoms with Crippen LogP contribution in [0.1, 0.15) is 39.8 Å². The Bertz CT molecular complexity index is 1290. The van der Waals surface area contributed by atoms with E-state index in [1.54, 1.807) is 0 Å². The van der Waals surface area contributed by atoms with Crippen LogP contribution in [0.25, 0.3) is 10.9 Å². The molecule has 7 rings (SSSR count). The fourth-order valence-corrected chi connectivity index (χ4v) is 6.12. The van der Waals surface area contributed by atoms with Crippen molar-refractivity contribution < 1.29 is 9.47 Å². The average Bonchev–Trinajstić information content (AvgIpc) is 3.49. The molecule has 0 bridgehead atoms. The fraction of sp³-hybridized carbons (Fsp3) is 0.231. The first kappa shape index (κ1) is 15.7. The van der Waals surface area contributed by atoms with Crippen molar-refractivity contribution in [2.75, 3.05) is 6.79 Å². The number of ether oxygens (including phenoxy) is 2. The van der Waals surface area contributed by atoms with E-state index in [0.717, 1.165) is 18.0 Å². The number of fused-ring (bicyclic) bond motifs is 8. The van der Waals surface area contributed by atoms with Gasteiger partial charge in [0.15, 0.2) is 11.5 Å². The molecule has 0 spiro atoms. The molecule has 2 aliphatic heterocycles. The molecule has 0 fully saturated rings. The highest BCUT2D eigenvalue weighted by Crippen LogP contribution is 2.60. The van der Waals surface area contributed by atoms with Crippen molar-refractivity contribution >= 4 is 10.9 Å². The minimum absolute atomic E-state index is 0.321. The van der Waals surface area contributed by atoms with E-state index in [0.29, 0.717) is 24.5 Å². The highest BCUT2D eigenvalue weighted by atomic mass is 16.7. The molecule has 1 aromatic heterocycles. The first-order valence-corrected chi connectivity index (χ1v) is 10.4. The summed E-state index contributed by atoms with van der Waals surface area (Å²) in [6.07, 6.45) is 0. The van der Waals surface area contributed by atoms with Gasteiger partial charge in [0, 0.05) is 40.9 Å². The zero-order chi connectivity index (χ0) is 19.1. The zero-order valence-electron chi connectivity index (χ0n) is 16.3. The summed E-state index contributed by atoms with van der Waals surface area (Å²) in [5.41, 5.74) is 8.49. The molecule has 1 aliphatic carbocycles. The van der Waals surface area contributed by atoms with E-state index in [1.807, 2.05) is 0 Å². The molecule has 0 unspecified atom stereocenters. The number of hydrogen-bond donors (Lipinski definition) is 0. The SMILES string of the molecule is Cc1c2n(c3ccccc13)C[C@H]1[C@@H]2c2cc3c(cc2[C@@H]1c1ccccc1)OCO3. The highest BCUT2D eigenvalue weighted by Gasteiger charge is 2.49. The van der Waals surface area contributed by atoms with Crippen LogP contribution in [-0.4, -0.2) is 11.4 Å². The Morgan fingerprint density at radius 2 is 1.52 bits per heavy atom. The minimum atomic E-state index is 0.321. The molecule has 0 radical (unpaired) electrons. The van der Waals surface area contributed by atoms with Gasteiger partial charge in [0.05, 0.1) is 0 Å². The third-order valence-electron chi connectivity index (χ3n) is 7.23. The quantitative estimate of drug-likeness (QED) is 0.431. The lowest BCUT2D eigenvalue weighted by atomic mass is 9.82. The van der Waals surface area contributed by atoms with Gasteiger partial charge in [-0.05, 0) is 47.4 Å². The second-order valence-electron chi connectivity index (χ2n) is 8.50. The van der Waals surface area contributed by atoms with E-state index in [9.17, 15) is 0 Å². The van der Waals surface area contributed by atoms with Crippen LogP contribution in [0.15, 0.2) is 66.7 Å². The van der Waals surface area contributed by atoms with Crippen LogP contribution in [0.2, 0.25) is 0 Å². The average molecular weight is 379 g/mol. The molecule has 0 saturated carbocycles. The molecule has 3 atom stereocenters. The summed E-state index contributed by atoms with van der Waals surface area (Å²) in [4.78, 5) is 0. The van der Waals surface area contributed by atoms with Crippen LogP contribution in [0.4, 0.5) is 0 Å². The van der Waals surface area contributed by atoms with Crippen molar-refractivity contribution in [3.05, 3.63) is 94.7 Å². The highest BCUT2D eigenvalue weighted by molar-refractivity contribution is 5.86. The number of para-hydroxylation sites is 1. The van der Waals surface area contributed by atoms with Gasteiger partial charge >= 0.3 is 0 Å². The van der Waals surface area contributed by atoms with Crippen molar-refractivity contribution in [2.24, 2.45) is 5.92 Å². The summed E-state index contributed by atoms with van der Waals surface area (Å²) >= 11 is 0.